The molecule has 0 aromatic carbocycles. The lowest BCUT2D eigenvalue weighted by Gasteiger charge is -2.06. The van der Waals surface area contributed by atoms with Gasteiger partial charge in [0.25, 0.3) is 0 Å². The van der Waals surface area contributed by atoms with Gasteiger partial charge in [0, 0.05) is 33.4 Å². The average Bonchev–Trinajstić information content (AvgIpc) is 2.67. The van der Waals surface area contributed by atoms with E-state index in [0.717, 1.165) is 0 Å². The quantitative estimate of drug-likeness (QED) is 0.550. The van der Waals surface area contributed by atoms with Crippen LogP contribution < -0.4 is 5.73 Å². The highest BCUT2D eigenvalue weighted by Gasteiger charge is 2.11. The molecule has 102 valence electrons. The van der Waals surface area contributed by atoms with Gasteiger partial charge < -0.3 is 24.5 Å². The van der Waals surface area contributed by atoms with Crippen LogP contribution in [-0.4, -0.2) is 44.1 Å². The van der Waals surface area contributed by atoms with Crippen molar-refractivity contribution < 1.29 is 19.0 Å². The van der Waals surface area contributed by atoms with Crippen LogP contribution >= 0.6 is 0 Å². The number of aromatic nitrogens is 1. The highest BCUT2D eigenvalue weighted by Crippen LogP contribution is 2.09. The minimum atomic E-state index is -0.369. The van der Waals surface area contributed by atoms with Crippen molar-refractivity contribution in [1.29, 1.82) is 0 Å². The molecule has 0 aliphatic rings. The molecule has 6 heteroatoms. The van der Waals surface area contributed by atoms with Gasteiger partial charge in [0.05, 0.1) is 25.5 Å². The molecule has 2 N–H and O–H groups in total. The summed E-state index contributed by atoms with van der Waals surface area (Å²) in [5.74, 6) is -0.369. The van der Waals surface area contributed by atoms with E-state index >= 15 is 0 Å². The number of carbonyl (C=O) groups is 1. The Kier molecular flexibility index (Phi) is 6.24. The zero-order valence-electron chi connectivity index (χ0n) is 10.8. The van der Waals surface area contributed by atoms with Crippen LogP contribution in [0.25, 0.3) is 0 Å². The lowest BCUT2D eigenvalue weighted by molar-refractivity contribution is 0.0377. The van der Waals surface area contributed by atoms with Gasteiger partial charge in [-0.05, 0) is 6.07 Å². The van der Waals surface area contributed by atoms with Crippen molar-refractivity contribution in [2.75, 3.05) is 39.3 Å². The monoisotopic (exact) mass is 256 g/mol. The summed E-state index contributed by atoms with van der Waals surface area (Å²) in [5.41, 5.74) is 6.58. The lowest BCUT2D eigenvalue weighted by atomic mass is 10.4. The van der Waals surface area contributed by atoms with E-state index in [9.17, 15) is 4.79 Å². The van der Waals surface area contributed by atoms with Crippen LogP contribution in [0.15, 0.2) is 12.3 Å². The summed E-state index contributed by atoms with van der Waals surface area (Å²) >= 11 is 0. The molecule has 1 aromatic heterocycles. The van der Waals surface area contributed by atoms with Crippen LogP contribution in [0.1, 0.15) is 16.9 Å². The predicted molar refractivity (Wildman–Crippen MR) is 67.4 cm³/mol. The largest absolute Gasteiger partial charge is 0.461 e. The van der Waals surface area contributed by atoms with Gasteiger partial charge in [-0.1, -0.05) is 0 Å². The molecule has 0 fully saturated rings. The Balaban J connectivity index is 2.16. The van der Waals surface area contributed by atoms with Crippen molar-refractivity contribution in [1.82, 2.24) is 4.57 Å². The van der Waals surface area contributed by atoms with Crippen molar-refractivity contribution in [3.05, 3.63) is 18.0 Å². The Morgan fingerprint density at radius 2 is 2.11 bits per heavy atom. The topological polar surface area (TPSA) is 75.7 Å². The predicted octanol–water partition coefficient (Wildman–Crippen LogP) is 0.817. The summed E-state index contributed by atoms with van der Waals surface area (Å²) in [6.07, 6.45) is 2.33. The maximum absolute atomic E-state index is 11.7. The Morgan fingerprint density at radius 3 is 2.72 bits per heavy atom. The molecule has 0 aliphatic carbocycles. The van der Waals surface area contributed by atoms with Crippen LogP contribution in [0, 0.1) is 0 Å². The number of hydrogen-bond donors (Lipinski definition) is 1. The second-order valence-electron chi connectivity index (χ2n) is 3.86. The number of nitrogens with two attached hydrogens (primary N) is 1. The maximum atomic E-state index is 11.7. The molecule has 0 saturated carbocycles. The Morgan fingerprint density at radius 1 is 1.33 bits per heavy atom. The molecule has 1 rings (SSSR count). The Labute approximate surface area is 107 Å². The fourth-order valence-corrected chi connectivity index (χ4v) is 1.44. The second-order valence-corrected chi connectivity index (χ2v) is 3.86. The van der Waals surface area contributed by atoms with E-state index in [1.54, 1.807) is 31.0 Å². The molecule has 0 saturated heterocycles. The second kappa shape index (κ2) is 7.73. The van der Waals surface area contributed by atoms with Crippen molar-refractivity contribution in [3.8, 4) is 0 Å². The minimum absolute atomic E-state index is 0.330. The van der Waals surface area contributed by atoms with Crippen LogP contribution in [0.5, 0.6) is 0 Å². The summed E-state index contributed by atoms with van der Waals surface area (Å²) in [5, 5.41) is 0. The number of nitrogens with zero attached hydrogens (tertiary/aromatic N) is 1. The van der Waals surface area contributed by atoms with Gasteiger partial charge in [0.15, 0.2) is 0 Å². The van der Waals surface area contributed by atoms with Crippen molar-refractivity contribution in [3.63, 3.8) is 0 Å². The number of methoxy groups -OCH3 is 1. The third kappa shape index (κ3) is 4.77. The van der Waals surface area contributed by atoms with Crippen LogP contribution in [0.4, 0.5) is 5.69 Å². The number of anilines is 1. The van der Waals surface area contributed by atoms with E-state index < -0.39 is 0 Å². The average molecular weight is 256 g/mol. The number of rotatable bonds is 8. The van der Waals surface area contributed by atoms with E-state index in [2.05, 4.69) is 0 Å². The number of esters is 1. The van der Waals surface area contributed by atoms with Crippen molar-refractivity contribution in [2.45, 2.75) is 6.42 Å². The summed E-state index contributed by atoms with van der Waals surface area (Å²) in [4.78, 5) is 11.7. The lowest BCUT2D eigenvalue weighted by Crippen LogP contribution is -2.12. The van der Waals surface area contributed by atoms with Gasteiger partial charge >= 0.3 is 5.97 Å². The van der Waals surface area contributed by atoms with Crippen molar-refractivity contribution >= 4 is 11.7 Å². The Hall–Kier alpha value is -1.53. The van der Waals surface area contributed by atoms with Gasteiger partial charge in [-0.3, -0.25) is 0 Å². The first-order valence-corrected chi connectivity index (χ1v) is 5.80. The van der Waals surface area contributed by atoms with Crippen LogP contribution in [-0.2, 0) is 21.3 Å². The first-order chi connectivity index (χ1) is 8.65. The van der Waals surface area contributed by atoms with Crippen molar-refractivity contribution in [2.24, 2.45) is 7.05 Å². The number of ether oxygens (including phenoxy) is 3. The summed E-state index contributed by atoms with van der Waals surface area (Å²) in [6.45, 7) is 2.00. The molecule has 0 aliphatic heterocycles. The zero-order chi connectivity index (χ0) is 13.4. The number of aryl methyl sites for hydroxylation is 1. The molecule has 0 radical (unpaired) electrons. The highest BCUT2D eigenvalue weighted by molar-refractivity contribution is 5.89. The number of hydrogen-bond acceptors (Lipinski definition) is 5. The molecular formula is C12H20N2O4. The standard InChI is InChI=1S/C12H20N2O4/c1-14-9-10(13)8-11(14)12(15)18-5-3-4-17-7-6-16-2/h8-9H,3-7,13H2,1-2H3. The molecule has 0 atom stereocenters. The molecule has 1 aromatic rings. The molecular weight excluding hydrogens is 236 g/mol. The van der Waals surface area contributed by atoms with Crippen LogP contribution in [0.2, 0.25) is 0 Å². The molecule has 0 bridgehead atoms. The van der Waals surface area contributed by atoms with E-state index in [4.69, 9.17) is 19.9 Å². The minimum Gasteiger partial charge on any atom is -0.461 e. The molecule has 18 heavy (non-hydrogen) atoms. The normalized spacial score (nSPS) is 10.6. The van der Waals surface area contributed by atoms with Gasteiger partial charge in [-0.25, -0.2) is 4.79 Å². The molecule has 0 amide bonds. The van der Waals surface area contributed by atoms with Gasteiger partial charge in [0.2, 0.25) is 0 Å². The third-order valence-electron chi connectivity index (χ3n) is 2.33. The Bertz CT molecular complexity index is 376. The molecule has 0 unspecified atom stereocenters. The smallest absolute Gasteiger partial charge is 0.355 e. The van der Waals surface area contributed by atoms with Crippen LogP contribution in [0.3, 0.4) is 0 Å². The fourth-order valence-electron chi connectivity index (χ4n) is 1.44. The first-order valence-electron chi connectivity index (χ1n) is 5.80. The molecule has 0 spiro atoms. The fraction of sp³-hybridized carbons (Fsp3) is 0.583. The van der Waals surface area contributed by atoms with E-state index in [0.29, 0.717) is 44.2 Å². The van der Waals surface area contributed by atoms with Gasteiger partial charge in [-0.15, -0.1) is 0 Å². The van der Waals surface area contributed by atoms with E-state index in [-0.39, 0.29) is 5.97 Å². The molecule has 1 heterocycles. The van der Waals surface area contributed by atoms with Gasteiger partial charge in [-0.2, -0.15) is 0 Å². The summed E-state index contributed by atoms with van der Waals surface area (Å²) < 4.78 is 16.8. The highest BCUT2D eigenvalue weighted by atomic mass is 16.5. The first kappa shape index (κ1) is 14.5. The van der Waals surface area contributed by atoms with E-state index in [1.165, 1.54) is 0 Å². The van der Waals surface area contributed by atoms with Gasteiger partial charge in [0.1, 0.15) is 5.69 Å². The van der Waals surface area contributed by atoms with E-state index in [1.807, 2.05) is 0 Å². The zero-order valence-corrected chi connectivity index (χ0v) is 10.8. The summed E-state index contributed by atoms with van der Waals surface area (Å²) in [7, 11) is 3.37. The third-order valence-corrected chi connectivity index (χ3v) is 2.33. The number of nitrogen functional groups attached to an aromatic ring is 1. The SMILES string of the molecule is COCCOCCCOC(=O)c1cc(N)cn1C. The summed E-state index contributed by atoms with van der Waals surface area (Å²) in [6, 6.07) is 1.59. The molecule has 6 nitrogen and oxygen atoms in total. The maximum Gasteiger partial charge on any atom is 0.355 e. The number of carbonyl (C=O) groups excluding carboxylic acids is 1.